The molecule has 0 heterocycles. The number of rotatable bonds is 14. The Bertz CT molecular complexity index is 1150. The van der Waals surface area contributed by atoms with Crippen molar-refractivity contribution in [2.45, 2.75) is 72.4 Å². The fourth-order valence-corrected chi connectivity index (χ4v) is 5.22. The van der Waals surface area contributed by atoms with E-state index < -0.39 is 16.1 Å². The van der Waals surface area contributed by atoms with Crippen LogP contribution >= 0.6 is 0 Å². The molecule has 2 rings (SSSR count). The van der Waals surface area contributed by atoms with Gasteiger partial charge in [0.1, 0.15) is 11.9 Å². The van der Waals surface area contributed by atoms with Gasteiger partial charge in [-0.1, -0.05) is 44.5 Å². The molecular formula is C28H40FN3O4S. The van der Waals surface area contributed by atoms with Crippen molar-refractivity contribution in [1.82, 2.24) is 10.2 Å². The molecule has 0 aliphatic carbocycles. The van der Waals surface area contributed by atoms with E-state index in [2.05, 4.69) is 5.32 Å². The largest absolute Gasteiger partial charge is 0.354 e. The number of carbonyl (C=O) groups is 2. The lowest BCUT2D eigenvalue weighted by Gasteiger charge is -2.31. The van der Waals surface area contributed by atoms with Crippen molar-refractivity contribution in [3.63, 3.8) is 0 Å². The molecule has 0 saturated heterocycles. The van der Waals surface area contributed by atoms with Crippen molar-refractivity contribution in [2.24, 2.45) is 0 Å². The van der Waals surface area contributed by atoms with Crippen LogP contribution in [0.3, 0.4) is 0 Å². The Kier molecular flexibility index (Phi) is 11.6. The van der Waals surface area contributed by atoms with Crippen LogP contribution in [0.25, 0.3) is 0 Å². The number of nitrogens with zero attached hydrogens (tertiary/aromatic N) is 2. The first kappa shape index (κ1) is 30.3. The molecule has 0 unspecified atom stereocenters. The number of anilines is 1. The number of nitrogens with one attached hydrogen (secondary N) is 1. The highest BCUT2D eigenvalue weighted by Gasteiger charge is 2.29. The van der Waals surface area contributed by atoms with E-state index in [4.69, 9.17) is 0 Å². The van der Waals surface area contributed by atoms with Gasteiger partial charge in [0.25, 0.3) is 0 Å². The lowest BCUT2D eigenvalue weighted by Crippen LogP contribution is -2.49. The highest BCUT2D eigenvalue weighted by atomic mass is 32.2. The number of amides is 2. The van der Waals surface area contributed by atoms with Gasteiger partial charge in [-0.3, -0.25) is 13.9 Å². The second kappa shape index (κ2) is 14.1. The van der Waals surface area contributed by atoms with Crippen molar-refractivity contribution >= 4 is 27.5 Å². The summed E-state index contributed by atoms with van der Waals surface area (Å²) in [5.74, 6) is -0.853. The summed E-state index contributed by atoms with van der Waals surface area (Å²) in [6.45, 7) is 8.51. The van der Waals surface area contributed by atoms with E-state index in [9.17, 15) is 22.4 Å². The van der Waals surface area contributed by atoms with Gasteiger partial charge in [-0.25, -0.2) is 12.8 Å². The zero-order chi connectivity index (χ0) is 27.6. The maximum Gasteiger partial charge on any atom is 0.242 e. The van der Waals surface area contributed by atoms with Crippen LogP contribution in [-0.4, -0.2) is 50.5 Å². The van der Waals surface area contributed by atoms with Gasteiger partial charge in [0.2, 0.25) is 21.8 Å². The Morgan fingerprint density at radius 1 is 1.03 bits per heavy atom. The van der Waals surface area contributed by atoms with Crippen molar-refractivity contribution in [1.29, 1.82) is 0 Å². The number of benzene rings is 2. The van der Waals surface area contributed by atoms with Crippen molar-refractivity contribution in [3.8, 4) is 0 Å². The van der Waals surface area contributed by atoms with E-state index in [1.54, 1.807) is 18.2 Å². The summed E-state index contributed by atoms with van der Waals surface area (Å²) in [4.78, 5) is 27.9. The third-order valence-corrected chi connectivity index (χ3v) is 7.66. The lowest BCUT2D eigenvalue weighted by molar-refractivity contribution is -0.141. The Hall–Kier alpha value is -2.94. The Balaban J connectivity index is 2.22. The molecular weight excluding hydrogens is 493 g/mol. The maximum atomic E-state index is 13.4. The molecule has 0 radical (unpaired) electrons. The van der Waals surface area contributed by atoms with Gasteiger partial charge in [0.05, 0.1) is 11.9 Å². The van der Waals surface area contributed by atoms with Crippen LogP contribution in [0, 0.1) is 19.7 Å². The average molecular weight is 534 g/mol. The molecule has 0 aliphatic heterocycles. The topological polar surface area (TPSA) is 86.8 Å². The fraction of sp³-hybridized carbons (Fsp3) is 0.500. The molecule has 2 amide bonds. The van der Waals surface area contributed by atoms with Gasteiger partial charge in [0, 0.05) is 26.1 Å². The van der Waals surface area contributed by atoms with Crippen molar-refractivity contribution < 1.29 is 22.4 Å². The predicted molar refractivity (Wildman–Crippen MR) is 146 cm³/mol. The molecule has 0 bridgehead atoms. The lowest BCUT2D eigenvalue weighted by atomic mass is 10.1. The summed E-state index contributed by atoms with van der Waals surface area (Å²) in [6, 6.07) is 10.7. The number of hydrogen-bond donors (Lipinski definition) is 1. The molecule has 37 heavy (non-hydrogen) atoms. The Morgan fingerprint density at radius 3 is 2.30 bits per heavy atom. The van der Waals surface area contributed by atoms with E-state index >= 15 is 0 Å². The highest BCUT2D eigenvalue weighted by Crippen LogP contribution is 2.25. The molecule has 2 aromatic rings. The number of aryl methyl sites for hydroxylation is 1. The third kappa shape index (κ3) is 8.84. The first-order valence-electron chi connectivity index (χ1n) is 12.8. The van der Waals surface area contributed by atoms with Crippen molar-refractivity contribution in [2.75, 3.05) is 23.7 Å². The van der Waals surface area contributed by atoms with Crippen LogP contribution < -0.4 is 9.62 Å². The zero-order valence-electron chi connectivity index (χ0n) is 22.6. The zero-order valence-corrected chi connectivity index (χ0v) is 23.4. The summed E-state index contributed by atoms with van der Waals surface area (Å²) in [5, 5.41) is 2.91. The summed E-state index contributed by atoms with van der Waals surface area (Å²) in [5.41, 5.74) is 3.15. The average Bonchev–Trinajstić information content (AvgIpc) is 2.84. The van der Waals surface area contributed by atoms with E-state index in [0.29, 0.717) is 24.2 Å². The SMILES string of the molecule is CCCCNC(=O)[C@@H](CC)N(Cc1ccc(F)cc1)C(=O)CCCN(c1cccc(C)c1C)S(C)(=O)=O. The predicted octanol–water partition coefficient (Wildman–Crippen LogP) is 4.71. The van der Waals surface area contributed by atoms with Gasteiger partial charge >= 0.3 is 0 Å². The van der Waals surface area contributed by atoms with Crippen molar-refractivity contribution in [3.05, 3.63) is 65.0 Å². The number of unbranched alkanes of at least 4 members (excludes halogenated alkanes) is 1. The summed E-state index contributed by atoms with van der Waals surface area (Å²) in [7, 11) is -3.57. The summed E-state index contributed by atoms with van der Waals surface area (Å²) in [6.07, 6.45) is 3.71. The van der Waals surface area contributed by atoms with Crippen LogP contribution in [0.5, 0.6) is 0 Å². The van der Waals surface area contributed by atoms with E-state index in [-0.39, 0.29) is 43.6 Å². The fourth-order valence-electron chi connectivity index (χ4n) is 4.20. The molecule has 1 N–H and O–H groups in total. The number of carbonyl (C=O) groups excluding carboxylic acids is 2. The van der Waals surface area contributed by atoms with Crippen LogP contribution in [0.15, 0.2) is 42.5 Å². The molecule has 204 valence electrons. The Labute approximate surface area is 221 Å². The molecule has 1 atom stereocenters. The van der Waals surface area contributed by atoms with E-state index in [1.165, 1.54) is 21.3 Å². The van der Waals surface area contributed by atoms with Crippen LogP contribution in [0.2, 0.25) is 0 Å². The van der Waals surface area contributed by atoms with E-state index in [1.807, 2.05) is 39.8 Å². The minimum Gasteiger partial charge on any atom is -0.354 e. The van der Waals surface area contributed by atoms with E-state index in [0.717, 1.165) is 30.2 Å². The number of halogens is 1. The standard InChI is InChI=1S/C28H40FN3O4S/c1-6-8-18-30-28(34)25(7-2)31(20-23-14-16-24(29)17-15-23)27(33)13-10-19-32(37(5,35)36)26-12-9-11-21(3)22(26)4/h9,11-12,14-17,25H,6-8,10,13,18-20H2,1-5H3,(H,30,34)/t25-/m1/s1. The smallest absolute Gasteiger partial charge is 0.242 e. The monoisotopic (exact) mass is 533 g/mol. The van der Waals surface area contributed by atoms with Gasteiger partial charge in [0.15, 0.2) is 0 Å². The minimum atomic E-state index is -3.57. The molecule has 0 aliphatic rings. The molecule has 0 fully saturated rings. The van der Waals surface area contributed by atoms with Gasteiger partial charge in [-0.15, -0.1) is 0 Å². The van der Waals surface area contributed by atoms with Crippen LogP contribution in [0.4, 0.5) is 10.1 Å². The quantitative estimate of drug-likeness (QED) is 0.356. The first-order valence-corrected chi connectivity index (χ1v) is 14.7. The molecule has 0 spiro atoms. The molecule has 7 nitrogen and oxygen atoms in total. The highest BCUT2D eigenvalue weighted by molar-refractivity contribution is 7.92. The Morgan fingerprint density at radius 2 is 1.70 bits per heavy atom. The van der Waals surface area contributed by atoms with Gasteiger partial charge in [-0.05, 0) is 68.0 Å². The summed E-state index contributed by atoms with van der Waals surface area (Å²) < 4.78 is 40.0. The van der Waals surface area contributed by atoms with Crippen LogP contribution in [0.1, 0.15) is 62.6 Å². The second-order valence-corrected chi connectivity index (χ2v) is 11.3. The molecule has 2 aromatic carbocycles. The number of sulfonamides is 1. The van der Waals surface area contributed by atoms with Crippen LogP contribution in [-0.2, 0) is 26.2 Å². The minimum absolute atomic E-state index is 0.0663. The summed E-state index contributed by atoms with van der Waals surface area (Å²) >= 11 is 0. The number of hydrogen-bond acceptors (Lipinski definition) is 4. The third-order valence-electron chi connectivity index (χ3n) is 6.48. The molecule has 0 aromatic heterocycles. The molecule has 9 heteroatoms. The van der Waals surface area contributed by atoms with Gasteiger partial charge < -0.3 is 10.2 Å². The maximum absolute atomic E-state index is 13.4. The molecule has 0 saturated carbocycles. The van der Waals surface area contributed by atoms with Gasteiger partial charge in [-0.2, -0.15) is 0 Å². The first-order chi connectivity index (χ1) is 17.5. The normalized spacial score (nSPS) is 12.2. The second-order valence-electron chi connectivity index (χ2n) is 9.37.